The lowest BCUT2D eigenvalue weighted by molar-refractivity contribution is -0.156. The second-order valence-corrected chi connectivity index (χ2v) is 6.74. The molecule has 2 saturated heterocycles. The summed E-state index contributed by atoms with van der Waals surface area (Å²) in [6.07, 6.45) is 1.87. The SMILES string of the molecule is COC(=O)C1(C(=O)N2CC[C@H]3[C@@H](C2)NC(=O)N3C(C)C)CC1. The molecule has 0 radical (unpaired) electrons. The third kappa shape index (κ3) is 2.14. The first kappa shape index (κ1) is 15.1. The predicted octanol–water partition coefficient (Wildman–Crippen LogP) is 0.343. The van der Waals surface area contributed by atoms with E-state index in [-0.39, 0.29) is 30.1 Å². The van der Waals surface area contributed by atoms with Crippen molar-refractivity contribution in [2.45, 2.75) is 51.2 Å². The van der Waals surface area contributed by atoms with Crippen LogP contribution < -0.4 is 5.32 Å². The molecule has 3 fully saturated rings. The number of hydrogen-bond acceptors (Lipinski definition) is 4. The van der Waals surface area contributed by atoms with Gasteiger partial charge >= 0.3 is 12.0 Å². The van der Waals surface area contributed by atoms with Gasteiger partial charge in [-0.3, -0.25) is 9.59 Å². The molecule has 1 N–H and O–H groups in total. The van der Waals surface area contributed by atoms with Gasteiger partial charge in [0.25, 0.3) is 0 Å². The largest absolute Gasteiger partial charge is 0.468 e. The van der Waals surface area contributed by atoms with E-state index in [1.54, 1.807) is 4.90 Å². The Kier molecular flexibility index (Phi) is 3.53. The highest BCUT2D eigenvalue weighted by Crippen LogP contribution is 2.48. The topological polar surface area (TPSA) is 79.0 Å². The third-order valence-electron chi connectivity index (χ3n) is 5.06. The Bertz CT molecular complexity index is 515. The van der Waals surface area contributed by atoms with Crippen molar-refractivity contribution < 1.29 is 19.1 Å². The molecule has 7 nitrogen and oxygen atoms in total. The van der Waals surface area contributed by atoms with Crippen molar-refractivity contribution in [2.75, 3.05) is 20.2 Å². The van der Waals surface area contributed by atoms with Crippen LogP contribution in [0.15, 0.2) is 0 Å². The Morgan fingerprint density at radius 1 is 1.36 bits per heavy atom. The van der Waals surface area contributed by atoms with Gasteiger partial charge in [-0.15, -0.1) is 0 Å². The Hall–Kier alpha value is -1.79. The van der Waals surface area contributed by atoms with Crippen molar-refractivity contribution in [1.29, 1.82) is 0 Å². The highest BCUT2D eigenvalue weighted by Gasteiger charge is 2.60. The summed E-state index contributed by atoms with van der Waals surface area (Å²) in [6, 6.07) is 0.154. The number of ether oxygens (including phenoxy) is 1. The molecule has 3 rings (SSSR count). The van der Waals surface area contributed by atoms with Crippen LogP contribution in [0.1, 0.15) is 33.1 Å². The number of carbonyl (C=O) groups excluding carboxylic acids is 3. The number of rotatable bonds is 3. The number of hydrogen-bond donors (Lipinski definition) is 1. The minimum atomic E-state index is -0.956. The van der Waals surface area contributed by atoms with Gasteiger partial charge in [0.1, 0.15) is 5.41 Å². The molecule has 0 unspecified atom stereocenters. The smallest absolute Gasteiger partial charge is 0.321 e. The fourth-order valence-corrected chi connectivity index (χ4v) is 3.73. The summed E-state index contributed by atoms with van der Waals surface area (Å²) < 4.78 is 4.78. The summed E-state index contributed by atoms with van der Waals surface area (Å²) in [4.78, 5) is 40.2. The van der Waals surface area contributed by atoms with E-state index in [0.717, 1.165) is 6.42 Å². The molecule has 0 aromatic heterocycles. The lowest BCUT2D eigenvalue weighted by atomic mass is 9.96. The molecule has 3 amide bonds. The van der Waals surface area contributed by atoms with Crippen molar-refractivity contribution in [2.24, 2.45) is 5.41 Å². The number of methoxy groups -OCH3 is 1. The van der Waals surface area contributed by atoms with Crippen LogP contribution in [-0.2, 0) is 14.3 Å². The number of amides is 3. The van der Waals surface area contributed by atoms with Gasteiger partial charge in [-0.05, 0) is 33.1 Å². The van der Waals surface area contributed by atoms with Crippen LogP contribution in [0.5, 0.6) is 0 Å². The summed E-state index contributed by atoms with van der Waals surface area (Å²) in [5, 5.41) is 2.96. The van der Waals surface area contributed by atoms with Crippen LogP contribution >= 0.6 is 0 Å². The Labute approximate surface area is 129 Å². The van der Waals surface area contributed by atoms with E-state index >= 15 is 0 Å². The number of carbonyl (C=O) groups is 3. The molecular weight excluding hydrogens is 286 g/mol. The zero-order valence-corrected chi connectivity index (χ0v) is 13.3. The molecule has 2 aliphatic heterocycles. The minimum absolute atomic E-state index is 0.0546. The van der Waals surface area contributed by atoms with E-state index in [4.69, 9.17) is 4.74 Å². The van der Waals surface area contributed by atoms with Gasteiger partial charge in [0.05, 0.1) is 19.2 Å². The van der Waals surface area contributed by atoms with Gasteiger partial charge in [-0.25, -0.2) is 4.79 Å². The summed E-state index contributed by atoms with van der Waals surface area (Å²) >= 11 is 0. The molecule has 0 aromatic carbocycles. The lowest BCUT2D eigenvalue weighted by Gasteiger charge is -2.38. The first-order chi connectivity index (χ1) is 10.4. The summed E-state index contributed by atoms with van der Waals surface area (Å²) in [5.74, 6) is -0.575. The summed E-state index contributed by atoms with van der Waals surface area (Å²) in [7, 11) is 1.32. The monoisotopic (exact) mass is 309 g/mol. The van der Waals surface area contributed by atoms with Crippen LogP contribution in [0.2, 0.25) is 0 Å². The number of nitrogens with zero attached hydrogens (tertiary/aromatic N) is 2. The lowest BCUT2D eigenvalue weighted by Crippen LogP contribution is -2.55. The second-order valence-electron chi connectivity index (χ2n) is 6.74. The maximum atomic E-state index is 12.7. The molecule has 22 heavy (non-hydrogen) atoms. The minimum Gasteiger partial charge on any atom is -0.468 e. The van der Waals surface area contributed by atoms with E-state index in [2.05, 4.69) is 5.32 Å². The Morgan fingerprint density at radius 2 is 2.05 bits per heavy atom. The third-order valence-corrected chi connectivity index (χ3v) is 5.06. The van der Waals surface area contributed by atoms with E-state index in [9.17, 15) is 14.4 Å². The quantitative estimate of drug-likeness (QED) is 0.602. The van der Waals surface area contributed by atoms with Crippen LogP contribution in [0, 0.1) is 5.41 Å². The van der Waals surface area contributed by atoms with Crippen LogP contribution in [0.3, 0.4) is 0 Å². The average Bonchev–Trinajstić information content (AvgIpc) is 3.22. The zero-order chi connectivity index (χ0) is 16.1. The van der Waals surface area contributed by atoms with Gasteiger partial charge in [0.15, 0.2) is 0 Å². The fourth-order valence-electron chi connectivity index (χ4n) is 3.73. The van der Waals surface area contributed by atoms with E-state index in [0.29, 0.717) is 25.9 Å². The van der Waals surface area contributed by atoms with Crippen LogP contribution in [-0.4, -0.2) is 66.0 Å². The highest BCUT2D eigenvalue weighted by atomic mass is 16.5. The molecule has 122 valence electrons. The number of nitrogens with one attached hydrogen (secondary N) is 1. The zero-order valence-electron chi connectivity index (χ0n) is 13.3. The van der Waals surface area contributed by atoms with Crippen molar-refractivity contribution in [3.63, 3.8) is 0 Å². The molecule has 3 aliphatic rings. The van der Waals surface area contributed by atoms with Crippen molar-refractivity contribution >= 4 is 17.9 Å². The van der Waals surface area contributed by atoms with Crippen LogP contribution in [0.4, 0.5) is 4.79 Å². The van der Waals surface area contributed by atoms with E-state index in [1.165, 1.54) is 7.11 Å². The Balaban J connectivity index is 1.70. The number of urea groups is 1. The predicted molar refractivity (Wildman–Crippen MR) is 78.0 cm³/mol. The van der Waals surface area contributed by atoms with E-state index < -0.39 is 11.4 Å². The molecule has 2 heterocycles. The summed E-state index contributed by atoms with van der Waals surface area (Å²) in [5.41, 5.74) is -0.956. The van der Waals surface area contributed by atoms with Gasteiger partial charge in [-0.1, -0.05) is 0 Å². The van der Waals surface area contributed by atoms with Crippen LogP contribution in [0.25, 0.3) is 0 Å². The van der Waals surface area contributed by atoms with E-state index in [1.807, 2.05) is 18.7 Å². The first-order valence-electron chi connectivity index (χ1n) is 7.87. The van der Waals surface area contributed by atoms with Gasteiger partial charge < -0.3 is 19.9 Å². The molecule has 2 atom stereocenters. The van der Waals surface area contributed by atoms with Crippen molar-refractivity contribution in [3.05, 3.63) is 0 Å². The van der Waals surface area contributed by atoms with Gasteiger partial charge in [-0.2, -0.15) is 0 Å². The molecule has 7 heteroatoms. The molecule has 1 saturated carbocycles. The molecule has 0 spiro atoms. The number of piperidine rings is 1. The number of esters is 1. The maximum Gasteiger partial charge on any atom is 0.321 e. The maximum absolute atomic E-state index is 12.7. The van der Waals surface area contributed by atoms with Gasteiger partial charge in [0.2, 0.25) is 5.91 Å². The molecule has 0 aromatic rings. The normalized spacial score (nSPS) is 29.2. The average molecular weight is 309 g/mol. The molecular formula is C15H23N3O4. The second kappa shape index (κ2) is 5.14. The number of likely N-dealkylation sites (tertiary alicyclic amines) is 1. The first-order valence-corrected chi connectivity index (χ1v) is 7.87. The molecule has 1 aliphatic carbocycles. The summed E-state index contributed by atoms with van der Waals surface area (Å²) in [6.45, 7) is 5.04. The fraction of sp³-hybridized carbons (Fsp3) is 0.800. The standard InChI is InChI=1S/C15H23N3O4/c1-9(2)18-11-4-7-17(8-10(11)16-14(18)21)12(19)15(5-6-15)13(20)22-3/h9-11H,4-8H2,1-3H3,(H,16,21)/t10-,11+/m1/s1. The van der Waals surface area contributed by atoms with Crippen molar-refractivity contribution in [3.8, 4) is 0 Å². The Morgan fingerprint density at radius 3 is 2.59 bits per heavy atom. The molecule has 0 bridgehead atoms. The van der Waals surface area contributed by atoms with Gasteiger partial charge in [0, 0.05) is 19.1 Å². The van der Waals surface area contributed by atoms with Crippen molar-refractivity contribution in [1.82, 2.24) is 15.1 Å². The number of fused-ring (bicyclic) bond motifs is 1. The highest BCUT2D eigenvalue weighted by molar-refractivity contribution is 6.05.